The van der Waals surface area contributed by atoms with E-state index >= 15 is 0 Å². The van der Waals surface area contributed by atoms with Crippen LogP contribution < -0.4 is 10.9 Å². The van der Waals surface area contributed by atoms with Crippen LogP contribution in [0.1, 0.15) is 16.9 Å². The molecule has 0 atom stereocenters. The molecule has 3 rings (SSSR count). The van der Waals surface area contributed by atoms with Gasteiger partial charge in [0, 0.05) is 19.2 Å². The van der Waals surface area contributed by atoms with Crippen molar-refractivity contribution in [2.45, 2.75) is 20.0 Å². The Balaban J connectivity index is 1.86. The van der Waals surface area contributed by atoms with E-state index in [2.05, 4.69) is 10.3 Å². The van der Waals surface area contributed by atoms with E-state index in [9.17, 15) is 4.79 Å². The van der Waals surface area contributed by atoms with Gasteiger partial charge >= 0.3 is 0 Å². The van der Waals surface area contributed by atoms with Crippen LogP contribution in [-0.2, 0) is 17.8 Å². The summed E-state index contributed by atoms with van der Waals surface area (Å²) in [4.78, 5) is 17.5. The summed E-state index contributed by atoms with van der Waals surface area (Å²) in [5.41, 5.74) is 2.45. The Bertz CT molecular complexity index is 966. The molecule has 2 heterocycles. The molecule has 2 N–H and O–H groups in total. The van der Waals surface area contributed by atoms with Gasteiger partial charge in [0.25, 0.3) is 5.56 Å². The van der Waals surface area contributed by atoms with E-state index in [0.717, 1.165) is 22.2 Å². The molecule has 27 heavy (non-hydrogen) atoms. The van der Waals surface area contributed by atoms with Crippen LogP contribution in [0.4, 0.5) is 0 Å². The number of rotatable bonds is 7. The number of aryl methyl sites for hydroxylation is 1. The van der Waals surface area contributed by atoms with E-state index in [-0.39, 0.29) is 5.56 Å². The number of methoxy groups -OCH3 is 1. The number of aromatic amines is 1. The number of furan rings is 1. The van der Waals surface area contributed by atoms with Gasteiger partial charge < -0.3 is 24.4 Å². The molecular weight excluding hydrogens is 362 g/mol. The summed E-state index contributed by atoms with van der Waals surface area (Å²) in [5, 5.41) is 4.71. The Morgan fingerprint density at radius 1 is 1.30 bits per heavy atom. The van der Waals surface area contributed by atoms with Crippen LogP contribution in [0.5, 0.6) is 0 Å². The number of fused-ring (bicyclic) bond motifs is 1. The molecule has 1 aromatic carbocycles. The average molecular weight is 385 g/mol. The van der Waals surface area contributed by atoms with Gasteiger partial charge in [-0.05, 0) is 48.3 Å². The van der Waals surface area contributed by atoms with Gasteiger partial charge in [0.2, 0.25) is 0 Å². The SMILES string of the molecule is COCCNC(=S)N(Cc1ccco1)Cc1cc2cccc(C)c2[nH]c1=O. The second kappa shape index (κ2) is 8.83. The molecule has 0 unspecified atom stereocenters. The highest BCUT2D eigenvalue weighted by Crippen LogP contribution is 2.16. The van der Waals surface area contributed by atoms with Gasteiger partial charge in [0.05, 0.1) is 31.5 Å². The Morgan fingerprint density at radius 3 is 2.89 bits per heavy atom. The Hall–Kier alpha value is -2.64. The first-order chi connectivity index (χ1) is 13.1. The number of ether oxygens (including phenoxy) is 1. The minimum absolute atomic E-state index is 0.110. The molecule has 7 heteroatoms. The molecule has 0 amide bonds. The van der Waals surface area contributed by atoms with Crippen LogP contribution in [0.25, 0.3) is 10.9 Å². The number of thiocarbonyl (C=S) groups is 1. The van der Waals surface area contributed by atoms with Gasteiger partial charge in [-0.25, -0.2) is 0 Å². The summed E-state index contributed by atoms with van der Waals surface area (Å²) in [6, 6.07) is 11.6. The van der Waals surface area contributed by atoms with E-state index in [1.54, 1.807) is 13.4 Å². The number of nitrogens with zero attached hydrogens (tertiary/aromatic N) is 1. The van der Waals surface area contributed by atoms with Crippen LogP contribution >= 0.6 is 12.2 Å². The topological polar surface area (TPSA) is 70.5 Å². The van der Waals surface area contributed by atoms with Crippen molar-refractivity contribution in [1.82, 2.24) is 15.2 Å². The zero-order chi connectivity index (χ0) is 19.2. The molecule has 0 aliphatic rings. The van der Waals surface area contributed by atoms with Crippen LogP contribution in [0.3, 0.4) is 0 Å². The number of pyridine rings is 1. The highest BCUT2D eigenvalue weighted by Gasteiger charge is 2.15. The zero-order valence-corrected chi connectivity index (χ0v) is 16.3. The van der Waals surface area contributed by atoms with Crippen LogP contribution in [0.15, 0.2) is 51.9 Å². The van der Waals surface area contributed by atoms with Crippen molar-refractivity contribution < 1.29 is 9.15 Å². The standard InChI is InChI=1S/C20H23N3O3S/c1-14-5-3-6-15-11-16(19(24)22-18(14)15)12-23(13-17-7-4-9-26-17)20(27)21-8-10-25-2/h3-7,9,11H,8,10,12-13H2,1-2H3,(H,21,27)(H,22,24). The van der Waals surface area contributed by atoms with Crippen molar-refractivity contribution in [3.63, 3.8) is 0 Å². The molecule has 142 valence electrons. The first kappa shape index (κ1) is 19.1. The largest absolute Gasteiger partial charge is 0.467 e. The molecule has 0 saturated heterocycles. The van der Waals surface area contributed by atoms with E-state index in [1.807, 2.05) is 48.2 Å². The minimum atomic E-state index is -0.110. The van der Waals surface area contributed by atoms with Gasteiger partial charge in [-0.2, -0.15) is 0 Å². The van der Waals surface area contributed by atoms with Gasteiger partial charge in [-0.15, -0.1) is 0 Å². The number of benzene rings is 1. The lowest BCUT2D eigenvalue weighted by molar-refractivity contribution is 0.202. The van der Waals surface area contributed by atoms with Crippen LogP contribution in [-0.4, -0.2) is 35.3 Å². The highest BCUT2D eigenvalue weighted by atomic mass is 32.1. The first-order valence-electron chi connectivity index (χ1n) is 8.74. The van der Waals surface area contributed by atoms with Crippen molar-refractivity contribution >= 4 is 28.2 Å². The lowest BCUT2D eigenvalue weighted by atomic mass is 10.1. The molecular formula is C20H23N3O3S. The molecule has 0 bridgehead atoms. The van der Waals surface area contributed by atoms with Crippen molar-refractivity contribution in [2.24, 2.45) is 0 Å². The van der Waals surface area contributed by atoms with Crippen molar-refractivity contribution in [3.8, 4) is 0 Å². The summed E-state index contributed by atoms with van der Waals surface area (Å²) in [7, 11) is 1.64. The summed E-state index contributed by atoms with van der Waals surface area (Å²) < 4.78 is 10.5. The first-order valence-corrected chi connectivity index (χ1v) is 9.15. The smallest absolute Gasteiger partial charge is 0.253 e. The minimum Gasteiger partial charge on any atom is -0.467 e. The van der Waals surface area contributed by atoms with Crippen LogP contribution in [0, 0.1) is 6.92 Å². The third-order valence-corrected chi connectivity index (χ3v) is 4.73. The quantitative estimate of drug-likeness (QED) is 0.481. The highest BCUT2D eigenvalue weighted by molar-refractivity contribution is 7.80. The maximum Gasteiger partial charge on any atom is 0.253 e. The molecule has 6 nitrogen and oxygen atoms in total. The maximum atomic E-state index is 12.6. The van der Waals surface area contributed by atoms with Gasteiger partial charge in [-0.1, -0.05) is 18.2 Å². The lowest BCUT2D eigenvalue weighted by Crippen LogP contribution is -2.41. The fourth-order valence-corrected chi connectivity index (χ4v) is 3.14. The summed E-state index contributed by atoms with van der Waals surface area (Å²) in [6.45, 7) is 3.97. The summed E-state index contributed by atoms with van der Waals surface area (Å²) in [6.07, 6.45) is 1.63. The average Bonchev–Trinajstić information content (AvgIpc) is 3.16. The molecule has 2 aromatic heterocycles. The normalized spacial score (nSPS) is 10.9. The third-order valence-electron chi connectivity index (χ3n) is 4.32. The summed E-state index contributed by atoms with van der Waals surface area (Å²) >= 11 is 5.53. The number of nitrogens with one attached hydrogen (secondary N) is 2. The van der Waals surface area contributed by atoms with E-state index < -0.39 is 0 Å². The third kappa shape index (κ3) is 4.75. The second-order valence-electron chi connectivity index (χ2n) is 6.32. The van der Waals surface area contributed by atoms with E-state index in [0.29, 0.717) is 36.9 Å². The number of hydrogen-bond acceptors (Lipinski definition) is 4. The number of para-hydroxylation sites is 1. The predicted molar refractivity (Wildman–Crippen MR) is 110 cm³/mol. The number of aromatic nitrogens is 1. The number of H-pyrrole nitrogens is 1. The number of hydrogen-bond donors (Lipinski definition) is 2. The molecule has 0 fully saturated rings. The Labute approximate surface area is 163 Å². The van der Waals surface area contributed by atoms with Crippen molar-refractivity contribution in [1.29, 1.82) is 0 Å². The summed E-state index contributed by atoms with van der Waals surface area (Å²) in [5.74, 6) is 0.777. The second-order valence-corrected chi connectivity index (χ2v) is 6.71. The van der Waals surface area contributed by atoms with E-state index in [1.165, 1.54) is 0 Å². The fraction of sp³-hybridized carbons (Fsp3) is 0.300. The van der Waals surface area contributed by atoms with Gasteiger partial charge in [0.1, 0.15) is 5.76 Å². The monoisotopic (exact) mass is 385 g/mol. The molecule has 3 aromatic rings. The molecule has 0 spiro atoms. The van der Waals surface area contributed by atoms with Crippen molar-refractivity contribution in [3.05, 3.63) is 69.9 Å². The van der Waals surface area contributed by atoms with Crippen molar-refractivity contribution in [2.75, 3.05) is 20.3 Å². The Morgan fingerprint density at radius 2 is 2.15 bits per heavy atom. The molecule has 0 saturated carbocycles. The molecule has 0 aliphatic heterocycles. The molecule has 0 aliphatic carbocycles. The molecule has 0 radical (unpaired) electrons. The predicted octanol–water partition coefficient (Wildman–Crippen LogP) is 2.95. The Kier molecular flexibility index (Phi) is 6.26. The zero-order valence-electron chi connectivity index (χ0n) is 15.5. The van der Waals surface area contributed by atoms with E-state index in [4.69, 9.17) is 21.4 Å². The van der Waals surface area contributed by atoms with Gasteiger partial charge in [-0.3, -0.25) is 4.79 Å². The maximum absolute atomic E-state index is 12.6. The van der Waals surface area contributed by atoms with Gasteiger partial charge in [0.15, 0.2) is 5.11 Å². The lowest BCUT2D eigenvalue weighted by Gasteiger charge is -2.25. The fourth-order valence-electron chi connectivity index (χ4n) is 2.91. The van der Waals surface area contributed by atoms with Crippen LogP contribution in [0.2, 0.25) is 0 Å².